The van der Waals surface area contributed by atoms with E-state index in [1.54, 1.807) is 24.8 Å². The van der Waals surface area contributed by atoms with Crippen molar-refractivity contribution in [2.75, 3.05) is 12.4 Å². The van der Waals surface area contributed by atoms with Gasteiger partial charge in [0, 0.05) is 23.3 Å². The van der Waals surface area contributed by atoms with Crippen LogP contribution in [0.1, 0.15) is 35.7 Å². The Labute approximate surface area is 156 Å². The van der Waals surface area contributed by atoms with Gasteiger partial charge in [-0.05, 0) is 31.5 Å². The van der Waals surface area contributed by atoms with Crippen LogP contribution in [0, 0.1) is 0 Å². The molecule has 134 valence electrons. The van der Waals surface area contributed by atoms with Crippen molar-refractivity contribution < 1.29 is 14.3 Å². The molecule has 0 unspecified atom stereocenters. The lowest BCUT2D eigenvalue weighted by Gasteiger charge is -2.00. The number of nitrogens with zero attached hydrogens (tertiary/aromatic N) is 1. The minimum absolute atomic E-state index is 0.00857. The van der Waals surface area contributed by atoms with Crippen LogP contribution in [-0.2, 0) is 9.53 Å². The minimum atomic E-state index is -0.165. The quantitative estimate of drug-likeness (QED) is 0.279. The molecule has 3 aromatic rings. The summed E-state index contributed by atoms with van der Waals surface area (Å²) in [6.07, 6.45) is 1.15. The van der Waals surface area contributed by atoms with E-state index in [0.717, 1.165) is 28.4 Å². The standard InChI is InChI=1S/C20H20N2O3S/c1-2-25-18(23)9-6-12-26-20-21-16-11-10-15(13-17(16)22-20)19(24)14-7-4-3-5-8-14/h3-5,7-8,10-11,13H,2,6,9,12H2,1H3,(H,21,22). The number of aromatic amines is 1. The lowest BCUT2D eigenvalue weighted by molar-refractivity contribution is -0.143. The number of esters is 1. The summed E-state index contributed by atoms with van der Waals surface area (Å²) in [4.78, 5) is 31.6. The molecule has 0 aliphatic carbocycles. The molecule has 26 heavy (non-hydrogen) atoms. The highest BCUT2D eigenvalue weighted by Crippen LogP contribution is 2.22. The summed E-state index contributed by atoms with van der Waals surface area (Å²) in [5.41, 5.74) is 2.95. The zero-order chi connectivity index (χ0) is 18.4. The lowest BCUT2D eigenvalue weighted by Crippen LogP contribution is -2.03. The third kappa shape index (κ3) is 4.52. The average Bonchev–Trinajstić information content (AvgIpc) is 3.07. The second kappa shape index (κ2) is 8.67. The fourth-order valence-corrected chi connectivity index (χ4v) is 3.40. The highest BCUT2D eigenvalue weighted by molar-refractivity contribution is 7.99. The number of nitrogens with one attached hydrogen (secondary N) is 1. The zero-order valence-corrected chi connectivity index (χ0v) is 15.3. The molecule has 0 radical (unpaired) electrons. The number of rotatable bonds is 8. The van der Waals surface area contributed by atoms with Crippen LogP contribution in [0.4, 0.5) is 0 Å². The SMILES string of the molecule is CCOC(=O)CCCSc1nc2ccc(C(=O)c3ccccc3)cc2[nH]1. The molecule has 0 amide bonds. The van der Waals surface area contributed by atoms with Gasteiger partial charge in [-0.25, -0.2) is 4.98 Å². The van der Waals surface area contributed by atoms with Crippen LogP contribution < -0.4 is 0 Å². The number of carbonyl (C=O) groups is 2. The number of ether oxygens (including phenoxy) is 1. The van der Waals surface area contributed by atoms with Crippen LogP contribution in [0.25, 0.3) is 11.0 Å². The average molecular weight is 368 g/mol. The van der Waals surface area contributed by atoms with Gasteiger partial charge in [0.15, 0.2) is 10.9 Å². The first-order valence-electron chi connectivity index (χ1n) is 8.55. The monoisotopic (exact) mass is 368 g/mol. The van der Waals surface area contributed by atoms with E-state index in [-0.39, 0.29) is 11.8 Å². The number of fused-ring (bicyclic) bond motifs is 1. The molecule has 1 N–H and O–H groups in total. The van der Waals surface area contributed by atoms with Crippen LogP contribution >= 0.6 is 11.8 Å². The van der Waals surface area contributed by atoms with Gasteiger partial charge >= 0.3 is 5.97 Å². The molecule has 0 bridgehead atoms. The molecule has 0 aliphatic heterocycles. The highest BCUT2D eigenvalue weighted by Gasteiger charge is 2.11. The Morgan fingerprint density at radius 2 is 1.92 bits per heavy atom. The van der Waals surface area contributed by atoms with E-state index in [1.807, 2.05) is 42.5 Å². The molecule has 0 aliphatic rings. The van der Waals surface area contributed by atoms with Gasteiger partial charge in [0.25, 0.3) is 0 Å². The molecule has 0 spiro atoms. The summed E-state index contributed by atoms with van der Waals surface area (Å²) in [6.45, 7) is 2.22. The predicted octanol–water partition coefficient (Wildman–Crippen LogP) is 4.23. The first-order chi connectivity index (χ1) is 12.7. The molecule has 1 heterocycles. The van der Waals surface area contributed by atoms with Gasteiger partial charge in [0.1, 0.15) is 0 Å². The zero-order valence-electron chi connectivity index (χ0n) is 14.5. The smallest absolute Gasteiger partial charge is 0.305 e. The van der Waals surface area contributed by atoms with Crippen molar-refractivity contribution in [1.29, 1.82) is 0 Å². The predicted molar refractivity (Wildman–Crippen MR) is 103 cm³/mol. The summed E-state index contributed by atoms with van der Waals surface area (Å²) in [5.74, 6) is 0.599. The van der Waals surface area contributed by atoms with Crippen molar-refractivity contribution in [2.45, 2.75) is 24.9 Å². The van der Waals surface area contributed by atoms with Gasteiger partial charge in [-0.2, -0.15) is 0 Å². The molecule has 2 aromatic carbocycles. The summed E-state index contributed by atoms with van der Waals surface area (Å²) in [7, 11) is 0. The summed E-state index contributed by atoms with van der Waals surface area (Å²) in [5, 5.41) is 0.785. The number of aromatic nitrogens is 2. The third-order valence-corrected chi connectivity index (χ3v) is 4.79. The van der Waals surface area contributed by atoms with Gasteiger partial charge < -0.3 is 9.72 Å². The Balaban J connectivity index is 1.64. The Kier molecular flexibility index (Phi) is 6.07. The van der Waals surface area contributed by atoms with Crippen molar-refractivity contribution >= 4 is 34.5 Å². The van der Waals surface area contributed by atoms with E-state index >= 15 is 0 Å². The topological polar surface area (TPSA) is 72.0 Å². The second-order valence-corrected chi connectivity index (χ2v) is 6.81. The highest BCUT2D eigenvalue weighted by atomic mass is 32.2. The molecule has 3 rings (SSSR count). The van der Waals surface area contributed by atoms with Crippen molar-refractivity contribution in [3.05, 3.63) is 59.7 Å². The number of H-pyrrole nitrogens is 1. The van der Waals surface area contributed by atoms with Crippen LogP contribution in [0.5, 0.6) is 0 Å². The van der Waals surface area contributed by atoms with Crippen LogP contribution in [0.15, 0.2) is 53.7 Å². The van der Waals surface area contributed by atoms with Crippen LogP contribution in [0.2, 0.25) is 0 Å². The van der Waals surface area contributed by atoms with E-state index in [2.05, 4.69) is 9.97 Å². The van der Waals surface area contributed by atoms with Crippen LogP contribution in [-0.4, -0.2) is 34.1 Å². The molecular weight excluding hydrogens is 348 g/mol. The Morgan fingerprint density at radius 3 is 2.69 bits per heavy atom. The lowest BCUT2D eigenvalue weighted by atomic mass is 10.0. The van der Waals surface area contributed by atoms with Crippen molar-refractivity contribution in [2.24, 2.45) is 0 Å². The van der Waals surface area contributed by atoms with E-state index in [1.165, 1.54) is 0 Å². The molecule has 1 aromatic heterocycles. The Bertz CT molecular complexity index is 906. The molecule has 0 fully saturated rings. The molecule has 6 heteroatoms. The second-order valence-electron chi connectivity index (χ2n) is 5.73. The minimum Gasteiger partial charge on any atom is -0.466 e. The van der Waals surface area contributed by atoms with E-state index < -0.39 is 0 Å². The molecular formula is C20H20N2O3S. The number of thioether (sulfide) groups is 1. The van der Waals surface area contributed by atoms with E-state index in [4.69, 9.17) is 4.74 Å². The molecule has 0 saturated carbocycles. The van der Waals surface area contributed by atoms with E-state index in [9.17, 15) is 9.59 Å². The van der Waals surface area contributed by atoms with Gasteiger partial charge in [-0.1, -0.05) is 42.1 Å². The summed E-state index contributed by atoms with van der Waals surface area (Å²) < 4.78 is 4.91. The molecule has 5 nitrogen and oxygen atoms in total. The number of ketones is 1. The normalized spacial score (nSPS) is 10.8. The first-order valence-corrected chi connectivity index (χ1v) is 9.54. The van der Waals surface area contributed by atoms with Gasteiger partial charge in [-0.3, -0.25) is 9.59 Å². The molecule has 0 saturated heterocycles. The van der Waals surface area contributed by atoms with Crippen molar-refractivity contribution in [3.63, 3.8) is 0 Å². The van der Waals surface area contributed by atoms with Gasteiger partial charge in [0.05, 0.1) is 17.6 Å². The maximum Gasteiger partial charge on any atom is 0.305 e. The van der Waals surface area contributed by atoms with E-state index in [0.29, 0.717) is 24.2 Å². The third-order valence-electron chi connectivity index (χ3n) is 3.83. The summed E-state index contributed by atoms with van der Waals surface area (Å²) in [6, 6.07) is 14.7. The number of carbonyl (C=O) groups excluding carboxylic acids is 2. The largest absolute Gasteiger partial charge is 0.466 e. The maximum absolute atomic E-state index is 12.5. The first kappa shape index (κ1) is 18.2. The summed E-state index contributed by atoms with van der Waals surface area (Å²) >= 11 is 1.56. The number of benzene rings is 2. The fourth-order valence-electron chi connectivity index (χ4n) is 2.57. The fraction of sp³-hybridized carbons (Fsp3) is 0.250. The maximum atomic E-state index is 12.5. The van der Waals surface area contributed by atoms with Crippen molar-refractivity contribution in [1.82, 2.24) is 9.97 Å². The van der Waals surface area contributed by atoms with Crippen LogP contribution in [0.3, 0.4) is 0 Å². The van der Waals surface area contributed by atoms with Gasteiger partial charge in [-0.15, -0.1) is 0 Å². The number of imidazole rings is 1. The number of hydrogen-bond acceptors (Lipinski definition) is 5. The molecule has 0 atom stereocenters. The number of hydrogen-bond donors (Lipinski definition) is 1. The van der Waals surface area contributed by atoms with Crippen molar-refractivity contribution in [3.8, 4) is 0 Å². The Morgan fingerprint density at radius 1 is 1.12 bits per heavy atom. The van der Waals surface area contributed by atoms with Gasteiger partial charge in [0.2, 0.25) is 0 Å². The Hall–Kier alpha value is -2.60.